The van der Waals surface area contributed by atoms with E-state index in [9.17, 15) is 22.8 Å². The summed E-state index contributed by atoms with van der Waals surface area (Å²) < 4.78 is 49.3. The van der Waals surface area contributed by atoms with Gasteiger partial charge in [-0.05, 0) is 54.1 Å². The van der Waals surface area contributed by atoms with Gasteiger partial charge in [-0.25, -0.2) is 4.98 Å². The number of hydrogen-bond donors (Lipinski definition) is 0. The minimum absolute atomic E-state index is 0.0298. The molecule has 1 aliphatic rings. The second-order valence-corrected chi connectivity index (χ2v) is 11.0. The molecule has 0 radical (unpaired) electrons. The number of carbonyl (C=O) groups excluding carboxylic acids is 1. The Labute approximate surface area is 248 Å². The zero-order chi connectivity index (χ0) is 29.7. The van der Waals surface area contributed by atoms with Crippen molar-refractivity contribution in [1.82, 2.24) is 14.8 Å². The summed E-state index contributed by atoms with van der Waals surface area (Å²) in [6.07, 6.45) is -1.55. The average Bonchev–Trinajstić information content (AvgIpc) is 2.98. The van der Waals surface area contributed by atoms with Crippen molar-refractivity contribution in [2.45, 2.75) is 29.2 Å². The maximum absolute atomic E-state index is 13.3. The van der Waals surface area contributed by atoms with Crippen molar-refractivity contribution in [3.8, 4) is 5.75 Å². The van der Waals surface area contributed by atoms with Crippen LogP contribution in [0.3, 0.4) is 0 Å². The van der Waals surface area contributed by atoms with Gasteiger partial charge in [-0.15, -0.1) is 0 Å². The van der Waals surface area contributed by atoms with E-state index in [1.54, 1.807) is 35.4 Å². The van der Waals surface area contributed by atoms with E-state index in [1.165, 1.54) is 36.2 Å². The molecular weight excluding hydrogens is 591 g/mol. The first-order valence-corrected chi connectivity index (χ1v) is 14.2. The molecule has 2 aromatic carbocycles. The second kappa shape index (κ2) is 13.0. The number of halogens is 4. The lowest BCUT2D eigenvalue weighted by atomic mass is 10.1. The third-order valence-electron chi connectivity index (χ3n) is 6.60. The minimum atomic E-state index is -4.42. The molecule has 0 saturated carbocycles. The van der Waals surface area contributed by atoms with Crippen molar-refractivity contribution < 1.29 is 27.1 Å². The Morgan fingerprint density at radius 1 is 1.02 bits per heavy atom. The molecule has 7 nitrogen and oxygen atoms in total. The highest BCUT2D eigenvalue weighted by Gasteiger charge is 2.30. The van der Waals surface area contributed by atoms with Crippen LogP contribution in [0, 0.1) is 0 Å². The number of hydrogen-bond acceptors (Lipinski definition) is 7. The van der Waals surface area contributed by atoms with Crippen molar-refractivity contribution in [1.29, 1.82) is 0 Å². The molecule has 3 heterocycles. The standard InChI is InChI=1S/C30H25ClF3N3O4S/c31-22-7-9-24(10-8-22)42-28-25(2-1-11-35-28)29(39)37-14-12-36(13-15-37)17-23-16-26(38)27(19-40-23)41-18-20-3-5-21(6-4-20)30(32,33)34/h1-11,16,19H,12-15,17-18H2. The summed E-state index contributed by atoms with van der Waals surface area (Å²) in [5.41, 5.74) is -0.126. The topological polar surface area (TPSA) is 75.9 Å². The van der Waals surface area contributed by atoms with Crippen LogP contribution in [-0.2, 0) is 19.3 Å². The third-order valence-corrected chi connectivity index (χ3v) is 7.88. The molecule has 42 heavy (non-hydrogen) atoms. The highest BCUT2D eigenvalue weighted by molar-refractivity contribution is 7.99. The molecule has 0 N–H and O–H groups in total. The van der Waals surface area contributed by atoms with E-state index in [0.717, 1.165) is 17.0 Å². The van der Waals surface area contributed by atoms with E-state index in [0.29, 0.717) is 59.7 Å². The fraction of sp³-hybridized carbons (Fsp3) is 0.233. The normalized spacial score (nSPS) is 14.1. The number of ether oxygens (including phenoxy) is 1. The minimum Gasteiger partial charge on any atom is -0.482 e. The maximum Gasteiger partial charge on any atom is 0.416 e. The summed E-state index contributed by atoms with van der Waals surface area (Å²) in [5, 5.41) is 1.25. The molecule has 0 aliphatic carbocycles. The van der Waals surface area contributed by atoms with Crippen molar-refractivity contribution in [2.24, 2.45) is 0 Å². The van der Waals surface area contributed by atoms with Crippen LogP contribution in [0.25, 0.3) is 0 Å². The molecule has 4 aromatic rings. The summed E-state index contributed by atoms with van der Waals surface area (Å²) in [6, 6.07) is 16.7. The lowest BCUT2D eigenvalue weighted by molar-refractivity contribution is -0.137. The summed E-state index contributed by atoms with van der Waals surface area (Å²) in [6.45, 7) is 2.47. The van der Waals surface area contributed by atoms with Crippen molar-refractivity contribution in [3.63, 3.8) is 0 Å². The molecule has 0 bridgehead atoms. The van der Waals surface area contributed by atoms with Gasteiger partial charge in [0.2, 0.25) is 11.2 Å². The van der Waals surface area contributed by atoms with E-state index in [1.807, 2.05) is 12.1 Å². The van der Waals surface area contributed by atoms with Gasteiger partial charge in [0.25, 0.3) is 5.91 Å². The van der Waals surface area contributed by atoms with Gasteiger partial charge in [0, 0.05) is 48.4 Å². The van der Waals surface area contributed by atoms with Gasteiger partial charge in [0.15, 0.2) is 0 Å². The number of alkyl halides is 3. The van der Waals surface area contributed by atoms with E-state index < -0.39 is 11.7 Å². The summed E-state index contributed by atoms with van der Waals surface area (Å²) in [7, 11) is 0. The number of rotatable bonds is 8. The molecular formula is C30H25ClF3N3O4S. The molecule has 1 saturated heterocycles. The molecule has 1 fully saturated rings. The zero-order valence-electron chi connectivity index (χ0n) is 22.1. The summed E-state index contributed by atoms with van der Waals surface area (Å²) >= 11 is 7.38. The Kier molecular flexibility index (Phi) is 9.20. The monoisotopic (exact) mass is 615 g/mol. The molecule has 2 aromatic heterocycles. The predicted octanol–water partition coefficient (Wildman–Crippen LogP) is 6.40. The predicted molar refractivity (Wildman–Crippen MR) is 152 cm³/mol. The van der Waals surface area contributed by atoms with Crippen molar-refractivity contribution in [2.75, 3.05) is 26.2 Å². The number of benzene rings is 2. The van der Waals surface area contributed by atoms with Crippen LogP contribution in [0.15, 0.2) is 98.3 Å². The Hall–Kier alpha value is -3.80. The fourth-order valence-electron chi connectivity index (χ4n) is 4.33. The summed E-state index contributed by atoms with van der Waals surface area (Å²) in [5.74, 6) is 0.314. The maximum atomic E-state index is 13.3. The highest BCUT2D eigenvalue weighted by atomic mass is 35.5. The highest BCUT2D eigenvalue weighted by Crippen LogP contribution is 2.31. The average molecular weight is 616 g/mol. The van der Waals surface area contributed by atoms with Gasteiger partial charge in [-0.2, -0.15) is 13.2 Å². The van der Waals surface area contributed by atoms with E-state index in [4.69, 9.17) is 20.8 Å². The third kappa shape index (κ3) is 7.53. The van der Waals surface area contributed by atoms with Crippen LogP contribution in [0.1, 0.15) is 27.2 Å². The molecule has 0 spiro atoms. The van der Waals surface area contributed by atoms with Gasteiger partial charge in [-0.1, -0.05) is 35.5 Å². The van der Waals surface area contributed by atoms with Crippen LogP contribution in [-0.4, -0.2) is 46.9 Å². The Balaban J connectivity index is 1.13. The molecule has 5 rings (SSSR count). The van der Waals surface area contributed by atoms with Crippen molar-refractivity contribution in [3.05, 3.63) is 117 Å². The molecule has 1 amide bonds. The molecule has 1 aliphatic heterocycles. The van der Waals surface area contributed by atoms with Gasteiger partial charge < -0.3 is 14.1 Å². The van der Waals surface area contributed by atoms with E-state index in [-0.39, 0.29) is 23.7 Å². The molecule has 0 unspecified atom stereocenters. The first-order chi connectivity index (χ1) is 20.2. The Morgan fingerprint density at radius 3 is 2.40 bits per heavy atom. The molecule has 0 atom stereocenters. The lowest BCUT2D eigenvalue weighted by Crippen LogP contribution is -2.48. The van der Waals surface area contributed by atoms with Crippen LogP contribution >= 0.6 is 23.4 Å². The first-order valence-electron chi connectivity index (χ1n) is 13.0. The first kappa shape index (κ1) is 29.7. The Morgan fingerprint density at radius 2 is 1.74 bits per heavy atom. The van der Waals surface area contributed by atoms with Gasteiger partial charge >= 0.3 is 6.18 Å². The number of amides is 1. The smallest absolute Gasteiger partial charge is 0.416 e. The SMILES string of the molecule is O=C(c1cccnc1Sc1ccc(Cl)cc1)N1CCN(Cc2cc(=O)c(OCc3ccc(C(F)(F)F)cc3)co2)CC1. The Bertz CT molecular complexity index is 1590. The fourth-order valence-corrected chi connectivity index (χ4v) is 5.33. The van der Waals surface area contributed by atoms with E-state index >= 15 is 0 Å². The summed E-state index contributed by atoms with van der Waals surface area (Å²) in [4.78, 5) is 35.1. The molecule has 218 valence electrons. The molecule has 12 heteroatoms. The van der Waals surface area contributed by atoms with Crippen LogP contribution in [0.4, 0.5) is 13.2 Å². The van der Waals surface area contributed by atoms with Crippen LogP contribution in [0.2, 0.25) is 5.02 Å². The number of carbonyl (C=O) groups is 1. The van der Waals surface area contributed by atoms with Gasteiger partial charge in [0.05, 0.1) is 17.7 Å². The zero-order valence-corrected chi connectivity index (χ0v) is 23.7. The largest absolute Gasteiger partial charge is 0.482 e. The van der Waals surface area contributed by atoms with Crippen molar-refractivity contribution >= 4 is 29.3 Å². The lowest BCUT2D eigenvalue weighted by Gasteiger charge is -2.34. The number of pyridine rings is 1. The van der Waals surface area contributed by atoms with Gasteiger partial charge in [-0.3, -0.25) is 14.5 Å². The van der Waals surface area contributed by atoms with Gasteiger partial charge in [0.1, 0.15) is 23.7 Å². The quantitative estimate of drug-likeness (QED) is 0.227. The number of aromatic nitrogens is 1. The number of nitrogens with zero attached hydrogens (tertiary/aromatic N) is 3. The van der Waals surface area contributed by atoms with Crippen LogP contribution < -0.4 is 10.2 Å². The second-order valence-electron chi connectivity index (χ2n) is 9.54. The number of piperazine rings is 1. The van der Waals surface area contributed by atoms with Crippen LogP contribution in [0.5, 0.6) is 5.75 Å². The van der Waals surface area contributed by atoms with E-state index in [2.05, 4.69) is 9.88 Å².